The Morgan fingerprint density at radius 3 is 1.59 bits per heavy atom. The molecular weight excluding hydrogens is 376 g/mol. The number of carbonyl (C=O) groups excluding carboxylic acids is 2. The van der Waals surface area contributed by atoms with Gasteiger partial charge in [0.05, 0.1) is 12.2 Å². The quantitative estimate of drug-likeness (QED) is 0.577. The zero-order valence-electron chi connectivity index (χ0n) is 14.8. The standard InChI is InChI=1S/C16H24F4N2O5/c17-15(18)26-11-3-1-5-21(7-11)13(23)9-25-10-14(24)22-6-2-4-12(8-22)27-16(19)20/h11-12,15-16H,1-10H2. The average Bonchev–Trinajstić information content (AvgIpc) is 2.61. The number of ether oxygens (including phenoxy) is 3. The SMILES string of the molecule is O=C(COCC(=O)N1CCCC(OC(F)F)C1)N1CCCC(OC(F)F)C1. The van der Waals surface area contributed by atoms with E-state index in [1.807, 2.05) is 0 Å². The summed E-state index contributed by atoms with van der Waals surface area (Å²) in [6.07, 6.45) is 0.547. The lowest BCUT2D eigenvalue weighted by atomic mass is 10.1. The first-order valence-corrected chi connectivity index (χ1v) is 8.85. The van der Waals surface area contributed by atoms with Crippen LogP contribution in [0.5, 0.6) is 0 Å². The summed E-state index contributed by atoms with van der Waals surface area (Å²) in [4.78, 5) is 26.9. The molecule has 0 saturated carbocycles. The summed E-state index contributed by atoms with van der Waals surface area (Å²) < 4.78 is 63.1. The number of likely N-dealkylation sites (tertiary alicyclic amines) is 2. The van der Waals surface area contributed by atoms with Gasteiger partial charge in [-0.2, -0.15) is 17.6 Å². The molecule has 0 aromatic carbocycles. The highest BCUT2D eigenvalue weighted by Gasteiger charge is 2.28. The normalized spacial score (nSPS) is 23.9. The van der Waals surface area contributed by atoms with Gasteiger partial charge in [-0.25, -0.2) is 0 Å². The first-order chi connectivity index (χ1) is 12.8. The third-order valence-corrected chi connectivity index (χ3v) is 4.50. The number of alkyl halides is 4. The van der Waals surface area contributed by atoms with E-state index < -0.39 is 37.2 Å². The highest BCUT2D eigenvalue weighted by molar-refractivity contribution is 5.80. The number of hydrogen-bond acceptors (Lipinski definition) is 5. The monoisotopic (exact) mass is 400 g/mol. The predicted octanol–water partition coefficient (Wildman–Crippen LogP) is 1.46. The van der Waals surface area contributed by atoms with Crippen LogP contribution in [0.3, 0.4) is 0 Å². The molecule has 0 radical (unpaired) electrons. The van der Waals surface area contributed by atoms with Crippen LogP contribution in [0.25, 0.3) is 0 Å². The second-order valence-corrected chi connectivity index (χ2v) is 6.49. The van der Waals surface area contributed by atoms with E-state index in [-0.39, 0.29) is 26.3 Å². The first-order valence-electron chi connectivity index (χ1n) is 8.85. The summed E-state index contributed by atoms with van der Waals surface area (Å²) in [7, 11) is 0. The first kappa shape index (κ1) is 21.8. The van der Waals surface area contributed by atoms with Crippen molar-refractivity contribution in [2.24, 2.45) is 0 Å². The zero-order chi connectivity index (χ0) is 19.8. The summed E-state index contributed by atoms with van der Waals surface area (Å²) in [5.74, 6) is -0.828. The van der Waals surface area contributed by atoms with E-state index in [1.165, 1.54) is 9.80 Å². The maximum absolute atomic E-state index is 12.3. The van der Waals surface area contributed by atoms with Gasteiger partial charge in [0.2, 0.25) is 11.8 Å². The van der Waals surface area contributed by atoms with Gasteiger partial charge in [0.25, 0.3) is 0 Å². The van der Waals surface area contributed by atoms with Gasteiger partial charge >= 0.3 is 13.2 Å². The molecule has 2 unspecified atom stereocenters. The summed E-state index contributed by atoms with van der Waals surface area (Å²) in [6.45, 7) is -5.56. The molecule has 2 atom stereocenters. The minimum absolute atomic E-state index is 0.0548. The van der Waals surface area contributed by atoms with Crippen LogP contribution in [0, 0.1) is 0 Å². The van der Waals surface area contributed by atoms with Crippen molar-refractivity contribution in [1.82, 2.24) is 9.80 Å². The lowest BCUT2D eigenvalue weighted by Crippen LogP contribution is -2.46. The summed E-state index contributed by atoms with van der Waals surface area (Å²) in [6, 6.07) is 0. The van der Waals surface area contributed by atoms with Gasteiger partial charge in [0.1, 0.15) is 13.2 Å². The molecule has 156 valence electrons. The van der Waals surface area contributed by atoms with Crippen molar-refractivity contribution >= 4 is 11.8 Å². The zero-order valence-corrected chi connectivity index (χ0v) is 14.8. The van der Waals surface area contributed by atoms with Crippen LogP contribution in [-0.4, -0.2) is 86.4 Å². The van der Waals surface area contributed by atoms with Crippen LogP contribution < -0.4 is 0 Å². The fraction of sp³-hybridized carbons (Fsp3) is 0.875. The van der Waals surface area contributed by atoms with E-state index >= 15 is 0 Å². The van der Waals surface area contributed by atoms with Crippen molar-refractivity contribution in [1.29, 1.82) is 0 Å². The fourth-order valence-electron chi connectivity index (χ4n) is 3.25. The molecule has 2 amide bonds. The maximum atomic E-state index is 12.3. The molecule has 2 saturated heterocycles. The molecule has 0 N–H and O–H groups in total. The number of carbonyl (C=O) groups is 2. The van der Waals surface area contributed by atoms with Crippen LogP contribution in [0.2, 0.25) is 0 Å². The number of piperidine rings is 2. The lowest BCUT2D eigenvalue weighted by Gasteiger charge is -2.33. The van der Waals surface area contributed by atoms with Crippen LogP contribution in [-0.2, 0) is 23.8 Å². The van der Waals surface area contributed by atoms with E-state index in [0.29, 0.717) is 38.8 Å². The molecule has 0 aliphatic carbocycles. The lowest BCUT2D eigenvalue weighted by molar-refractivity contribution is -0.180. The van der Waals surface area contributed by atoms with Crippen LogP contribution in [0.15, 0.2) is 0 Å². The van der Waals surface area contributed by atoms with Gasteiger partial charge in [-0.15, -0.1) is 0 Å². The van der Waals surface area contributed by atoms with Crippen LogP contribution in [0.4, 0.5) is 17.6 Å². The molecule has 2 rings (SSSR count). The van der Waals surface area contributed by atoms with E-state index in [9.17, 15) is 27.2 Å². The second-order valence-electron chi connectivity index (χ2n) is 6.49. The molecule has 2 heterocycles. The molecule has 2 aliphatic rings. The number of halogens is 4. The molecule has 0 bridgehead atoms. The number of amides is 2. The molecule has 0 aromatic heterocycles. The Balaban J connectivity index is 1.68. The Hall–Kier alpha value is -1.46. The van der Waals surface area contributed by atoms with E-state index in [4.69, 9.17) is 4.74 Å². The van der Waals surface area contributed by atoms with Crippen molar-refractivity contribution in [2.45, 2.75) is 51.1 Å². The van der Waals surface area contributed by atoms with Crippen molar-refractivity contribution in [3.63, 3.8) is 0 Å². The van der Waals surface area contributed by atoms with E-state index in [2.05, 4.69) is 9.47 Å². The van der Waals surface area contributed by atoms with Gasteiger partial charge in [-0.05, 0) is 25.7 Å². The van der Waals surface area contributed by atoms with Crippen molar-refractivity contribution < 1.29 is 41.4 Å². The number of nitrogens with zero attached hydrogens (tertiary/aromatic N) is 2. The minimum Gasteiger partial charge on any atom is -0.362 e. The van der Waals surface area contributed by atoms with E-state index in [1.54, 1.807) is 0 Å². The molecule has 27 heavy (non-hydrogen) atoms. The van der Waals surface area contributed by atoms with Gasteiger partial charge in [-0.3, -0.25) is 9.59 Å². The van der Waals surface area contributed by atoms with Crippen molar-refractivity contribution in [3.8, 4) is 0 Å². The smallest absolute Gasteiger partial charge is 0.345 e. The Bertz CT molecular complexity index is 455. The third kappa shape index (κ3) is 7.59. The van der Waals surface area contributed by atoms with Gasteiger partial charge < -0.3 is 24.0 Å². The molecule has 0 aromatic rings. The van der Waals surface area contributed by atoms with Crippen molar-refractivity contribution in [3.05, 3.63) is 0 Å². The molecule has 2 aliphatic heterocycles. The number of hydrogen-bond donors (Lipinski definition) is 0. The molecular formula is C16H24F4N2O5. The Labute approximate surface area is 154 Å². The Morgan fingerprint density at radius 2 is 1.22 bits per heavy atom. The van der Waals surface area contributed by atoms with E-state index in [0.717, 1.165) is 0 Å². The van der Waals surface area contributed by atoms with Crippen molar-refractivity contribution in [2.75, 3.05) is 39.4 Å². The minimum atomic E-state index is -2.89. The molecule has 7 nitrogen and oxygen atoms in total. The predicted molar refractivity (Wildman–Crippen MR) is 84.2 cm³/mol. The van der Waals surface area contributed by atoms with Crippen LogP contribution in [0.1, 0.15) is 25.7 Å². The van der Waals surface area contributed by atoms with Gasteiger partial charge in [0, 0.05) is 26.2 Å². The highest BCUT2D eigenvalue weighted by Crippen LogP contribution is 2.17. The summed E-state index contributed by atoms with van der Waals surface area (Å²) >= 11 is 0. The van der Waals surface area contributed by atoms with Gasteiger partial charge in [0.15, 0.2) is 0 Å². The van der Waals surface area contributed by atoms with Gasteiger partial charge in [-0.1, -0.05) is 0 Å². The summed E-state index contributed by atoms with van der Waals surface area (Å²) in [5.41, 5.74) is 0. The van der Waals surface area contributed by atoms with Crippen LogP contribution >= 0.6 is 0 Å². The Kier molecular flexibility index (Phi) is 8.71. The maximum Gasteiger partial charge on any atom is 0.345 e. The molecule has 11 heteroatoms. The molecule has 0 spiro atoms. The fourth-order valence-corrected chi connectivity index (χ4v) is 3.25. The molecule has 2 fully saturated rings. The Morgan fingerprint density at radius 1 is 0.815 bits per heavy atom. The summed E-state index contributed by atoms with van der Waals surface area (Å²) in [5, 5.41) is 0. The number of rotatable bonds is 8. The highest BCUT2D eigenvalue weighted by atomic mass is 19.3. The average molecular weight is 400 g/mol. The second kappa shape index (κ2) is 10.8. The largest absolute Gasteiger partial charge is 0.362 e. The topological polar surface area (TPSA) is 68.3 Å². The third-order valence-electron chi connectivity index (χ3n) is 4.50.